The fourth-order valence-corrected chi connectivity index (χ4v) is 2.17. The molecule has 16 heavy (non-hydrogen) atoms. The summed E-state index contributed by atoms with van der Waals surface area (Å²) >= 11 is 0. The molecular weight excluding hydrogens is 200 g/mol. The van der Waals surface area contributed by atoms with Crippen LogP contribution in [-0.4, -0.2) is 29.9 Å². The van der Waals surface area contributed by atoms with E-state index >= 15 is 0 Å². The van der Waals surface area contributed by atoms with Crippen LogP contribution in [0.4, 0.5) is 0 Å². The van der Waals surface area contributed by atoms with Gasteiger partial charge in [0.2, 0.25) is 5.91 Å². The van der Waals surface area contributed by atoms with Crippen molar-refractivity contribution >= 4 is 5.91 Å². The number of nitrogens with two attached hydrogens (primary N) is 1. The highest BCUT2D eigenvalue weighted by Crippen LogP contribution is 2.20. The van der Waals surface area contributed by atoms with Crippen molar-refractivity contribution in [1.82, 2.24) is 4.90 Å². The number of carbonyl (C=O) groups is 1. The van der Waals surface area contributed by atoms with Gasteiger partial charge in [-0.15, -0.1) is 0 Å². The van der Waals surface area contributed by atoms with Gasteiger partial charge in [-0.1, -0.05) is 12.2 Å². The van der Waals surface area contributed by atoms with Crippen LogP contribution < -0.4 is 5.73 Å². The number of nitrogens with zero attached hydrogens (tertiary/aromatic N) is 1. The summed E-state index contributed by atoms with van der Waals surface area (Å²) in [6, 6.07) is 0.491. The largest absolute Gasteiger partial charge is 0.370 e. The van der Waals surface area contributed by atoms with Gasteiger partial charge in [-0.2, -0.15) is 0 Å². The van der Waals surface area contributed by atoms with Crippen molar-refractivity contribution in [3.8, 4) is 0 Å². The van der Waals surface area contributed by atoms with Crippen molar-refractivity contribution in [1.29, 1.82) is 0 Å². The average molecular weight is 224 g/mol. The zero-order valence-electron chi connectivity index (χ0n) is 10.5. The minimum atomic E-state index is -0.200. The molecule has 1 amide bonds. The third-order valence-corrected chi connectivity index (χ3v) is 3.25. The van der Waals surface area contributed by atoms with E-state index in [2.05, 4.69) is 30.9 Å². The third kappa shape index (κ3) is 4.79. The highest BCUT2D eigenvalue weighted by Gasteiger charge is 2.17. The van der Waals surface area contributed by atoms with Crippen molar-refractivity contribution in [3.63, 3.8) is 0 Å². The highest BCUT2D eigenvalue weighted by molar-refractivity contribution is 5.73. The maximum atomic E-state index is 10.8. The molecule has 0 spiro atoms. The molecule has 0 unspecified atom stereocenters. The van der Waals surface area contributed by atoms with E-state index in [1.807, 2.05) is 0 Å². The van der Waals surface area contributed by atoms with Gasteiger partial charge in [-0.25, -0.2) is 0 Å². The first kappa shape index (κ1) is 13.2. The van der Waals surface area contributed by atoms with Crippen LogP contribution in [-0.2, 0) is 4.79 Å². The molecule has 2 N–H and O–H groups in total. The number of rotatable bonds is 6. The fourth-order valence-electron chi connectivity index (χ4n) is 2.17. The van der Waals surface area contributed by atoms with E-state index in [0.29, 0.717) is 12.5 Å². The summed E-state index contributed by atoms with van der Waals surface area (Å²) in [6.45, 7) is 6.25. The molecular formula is C13H24N2O. The minimum absolute atomic E-state index is 0.200. The van der Waals surface area contributed by atoms with Gasteiger partial charge < -0.3 is 10.6 Å². The Labute approximate surface area is 98.7 Å². The van der Waals surface area contributed by atoms with Crippen LogP contribution in [0.25, 0.3) is 0 Å². The molecule has 0 radical (unpaired) electrons. The Morgan fingerprint density at radius 3 is 2.75 bits per heavy atom. The molecule has 92 valence electrons. The molecule has 0 saturated carbocycles. The van der Waals surface area contributed by atoms with E-state index in [-0.39, 0.29) is 5.91 Å². The molecule has 0 bridgehead atoms. The van der Waals surface area contributed by atoms with Gasteiger partial charge in [0.1, 0.15) is 0 Å². The molecule has 1 aliphatic rings. The molecule has 0 aromatic carbocycles. The number of hydrogen-bond acceptors (Lipinski definition) is 2. The molecule has 0 saturated heterocycles. The molecule has 1 aliphatic carbocycles. The van der Waals surface area contributed by atoms with E-state index < -0.39 is 0 Å². The van der Waals surface area contributed by atoms with E-state index in [0.717, 1.165) is 19.0 Å². The van der Waals surface area contributed by atoms with Crippen LogP contribution in [0.2, 0.25) is 0 Å². The quantitative estimate of drug-likeness (QED) is 0.701. The number of carbonyl (C=O) groups excluding carboxylic acids is 1. The van der Waals surface area contributed by atoms with Crippen LogP contribution in [0.5, 0.6) is 0 Å². The van der Waals surface area contributed by atoms with Crippen LogP contribution in [0.1, 0.15) is 39.5 Å². The predicted molar refractivity (Wildman–Crippen MR) is 67.0 cm³/mol. The summed E-state index contributed by atoms with van der Waals surface area (Å²) in [4.78, 5) is 13.2. The van der Waals surface area contributed by atoms with Crippen LogP contribution in [0, 0.1) is 5.92 Å². The zero-order chi connectivity index (χ0) is 12.0. The molecule has 0 aromatic rings. The lowest BCUT2D eigenvalue weighted by atomic mass is 9.93. The molecule has 1 rings (SSSR count). The Bertz CT molecular complexity index is 248. The summed E-state index contributed by atoms with van der Waals surface area (Å²) in [7, 11) is 0. The average Bonchev–Trinajstić information content (AvgIpc) is 2.25. The lowest BCUT2D eigenvalue weighted by Crippen LogP contribution is -2.37. The van der Waals surface area contributed by atoms with Gasteiger partial charge in [0, 0.05) is 25.6 Å². The van der Waals surface area contributed by atoms with Crippen molar-refractivity contribution in [2.24, 2.45) is 11.7 Å². The Morgan fingerprint density at radius 1 is 1.50 bits per heavy atom. The molecule has 1 atom stereocenters. The number of allylic oxidation sites excluding steroid dienone is 2. The molecule has 3 nitrogen and oxygen atoms in total. The molecule has 0 heterocycles. The first-order valence-electron chi connectivity index (χ1n) is 6.27. The first-order valence-corrected chi connectivity index (χ1v) is 6.27. The maximum absolute atomic E-state index is 10.8. The monoisotopic (exact) mass is 224 g/mol. The third-order valence-electron chi connectivity index (χ3n) is 3.25. The summed E-state index contributed by atoms with van der Waals surface area (Å²) in [5.74, 6) is 0.550. The Balaban J connectivity index is 2.37. The fraction of sp³-hybridized carbons (Fsp3) is 0.769. The summed E-state index contributed by atoms with van der Waals surface area (Å²) in [5, 5.41) is 0. The van der Waals surface area contributed by atoms with Gasteiger partial charge in [0.15, 0.2) is 0 Å². The summed E-state index contributed by atoms with van der Waals surface area (Å²) < 4.78 is 0. The number of amides is 1. The smallest absolute Gasteiger partial charge is 0.218 e. The minimum Gasteiger partial charge on any atom is -0.370 e. The second-order valence-corrected chi connectivity index (χ2v) is 4.96. The van der Waals surface area contributed by atoms with E-state index in [1.54, 1.807) is 0 Å². The van der Waals surface area contributed by atoms with Crippen molar-refractivity contribution in [2.45, 2.75) is 45.6 Å². The lowest BCUT2D eigenvalue weighted by Gasteiger charge is -2.31. The lowest BCUT2D eigenvalue weighted by molar-refractivity contribution is -0.118. The second-order valence-electron chi connectivity index (χ2n) is 4.96. The number of hydrogen-bond donors (Lipinski definition) is 1. The van der Waals surface area contributed by atoms with Gasteiger partial charge >= 0.3 is 0 Å². The molecule has 0 fully saturated rings. The van der Waals surface area contributed by atoms with Crippen LogP contribution >= 0.6 is 0 Å². The van der Waals surface area contributed by atoms with E-state index in [4.69, 9.17) is 5.73 Å². The van der Waals surface area contributed by atoms with Crippen molar-refractivity contribution < 1.29 is 4.79 Å². The van der Waals surface area contributed by atoms with E-state index in [1.165, 1.54) is 19.3 Å². The van der Waals surface area contributed by atoms with Crippen LogP contribution in [0.3, 0.4) is 0 Å². The predicted octanol–water partition coefficient (Wildman–Crippen LogP) is 1.93. The Morgan fingerprint density at radius 2 is 2.25 bits per heavy atom. The maximum Gasteiger partial charge on any atom is 0.218 e. The first-order chi connectivity index (χ1) is 7.59. The highest BCUT2D eigenvalue weighted by atomic mass is 16.1. The van der Waals surface area contributed by atoms with Gasteiger partial charge in [0.25, 0.3) is 0 Å². The normalized spacial score (nSPS) is 20.6. The van der Waals surface area contributed by atoms with Crippen molar-refractivity contribution in [3.05, 3.63) is 12.2 Å². The van der Waals surface area contributed by atoms with Gasteiger partial charge in [0.05, 0.1) is 0 Å². The summed E-state index contributed by atoms with van der Waals surface area (Å²) in [6.07, 6.45) is 8.67. The van der Waals surface area contributed by atoms with Gasteiger partial charge in [-0.3, -0.25) is 4.79 Å². The Hall–Kier alpha value is -0.830. The van der Waals surface area contributed by atoms with E-state index in [9.17, 15) is 4.79 Å². The standard InChI is InChI=1S/C13H24N2O/c1-11(2)15(9-8-13(14)16)10-12-6-4-3-5-7-12/h3-4,11-12H,5-10H2,1-2H3,(H2,14,16)/t12-/m0/s1. The van der Waals surface area contributed by atoms with Crippen molar-refractivity contribution in [2.75, 3.05) is 13.1 Å². The molecule has 0 aliphatic heterocycles. The second kappa shape index (κ2) is 6.69. The topological polar surface area (TPSA) is 46.3 Å². The molecule has 3 heteroatoms. The molecule has 0 aromatic heterocycles. The zero-order valence-corrected chi connectivity index (χ0v) is 10.5. The summed E-state index contributed by atoms with van der Waals surface area (Å²) in [5.41, 5.74) is 5.20. The van der Waals surface area contributed by atoms with Crippen LogP contribution in [0.15, 0.2) is 12.2 Å². The Kier molecular flexibility index (Phi) is 5.53. The SMILES string of the molecule is CC(C)N(CCC(N)=O)C[C@H]1CC=CCC1. The number of primary amides is 1. The van der Waals surface area contributed by atoms with Gasteiger partial charge in [-0.05, 0) is 39.0 Å².